The highest BCUT2D eigenvalue weighted by Crippen LogP contribution is 2.19. The van der Waals surface area contributed by atoms with Gasteiger partial charge < -0.3 is 10.1 Å². The second-order valence-electron chi connectivity index (χ2n) is 4.32. The summed E-state index contributed by atoms with van der Waals surface area (Å²) in [7, 11) is 3.28. The van der Waals surface area contributed by atoms with Crippen LogP contribution in [0.15, 0.2) is 36.5 Å². The first-order valence-electron chi connectivity index (χ1n) is 6.04. The van der Waals surface area contributed by atoms with Gasteiger partial charge in [0.15, 0.2) is 0 Å². The van der Waals surface area contributed by atoms with Crippen molar-refractivity contribution in [3.8, 4) is 0 Å². The van der Waals surface area contributed by atoms with Gasteiger partial charge in [0.25, 0.3) is 0 Å². The van der Waals surface area contributed by atoms with Gasteiger partial charge in [0.1, 0.15) is 0 Å². The first-order valence-corrected chi connectivity index (χ1v) is 6.04. The predicted molar refractivity (Wildman–Crippen MR) is 73.0 cm³/mol. The van der Waals surface area contributed by atoms with Gasteiger partial charge in [-0.05, 0) is 31.2 Å². The summed E-state index contributed by atoms with van der Waals surface area (Å²) in [6.07, 6.45) is 1.76. The Hall–Kier alpha value is -2.30. The van der Waals surface area contributed by atoms with Crippen LogP contribution in [-0.2, 0) is 11.8 Å². The van der Waals surface area contributed by atoms with Crippen molar-refractivity contribution in [2.24, 2.45) is 7.05 Å². The molecule has 0 bridgehead atoms. The molecule has 0 aliphatic rings. The molecular formula is C14H17N3O2. The first kappa shape index (κ1) is 13.1. The van der Waals surface area contributed by atoms with Crippen LogP contribution < -0.4 is 5.32 Å². The predicted octanol–water partition coefficient (Wildman–Crippen LogP) is 2.38. The molecule has 100 valence electrons. The molecular weight excluding hydrogens is 242 g/mol. The number of hydrogen-bond donors (Lipinski definition) is 1. The number of carbonyl (C=O) groups excluding carboxylic acids is 1. The summed E-state index contributed by atoms with van der Waals surface area (Å²) in [6.45, 7) is 2.04. The van der Waals surface area contributed by atoms with Gasteiger partial charge >= 0.3 is 5.97 Å². The van der Waals surface area contributed by atoms with Crippen LogP contribution >= 0.6 is 0 Å². The monoisotopic (exact) mass is 259 g/mol. The van der Waals surface area contributed by atoms with Gasteiger partial charge in [-0.1, -0.05) is 6.07 Å². The quantitative estimate of drug-likeness (QED) is 0.856. The lowest BCUT2D eigenvalue weighted by Crippen LogP contribution is -2.12. The fraction of sp³-hybridized carbons (Fsp3) is 0.286. The van der Waals surface area contributed by atoms with E-state index in [1.54, 1.807) is 18.3 Å². The highest BCUT2D eigenvalue weighted by Gasteiger charge is 2.10. The van der Waals surface area contributed by atoms with E-state index >= 15 is 0 Å². The number of hydrogen-bond acceptors (Lipinski definition) is 4. The fourth-order valence-electron chi connectivity index (χ4n) is 1.99. The van der Waals surface area contributed by atoms with Crippen LogP contribution in [-0.4, -0.2) is 22.9 Å². The highest BCUT2D eigenvalue weighted by molar-refractivity contribution is 5.90. The van der Waals surface area contributed by atoms with Gasteiger partial charge in [0.05, 0.1) is 24.4 Å². The van der Waals surface area contributed by atoms with Gasteiger partial charge in [0, 0.05) is 18.9 Å². The molecule has 19 heavy (non-hydrogen) atoms. The molecule has 0 saturated carbocycles. The number of aromatic nitrogens is 2. The Kier molecular flexibility index (Phi) is 3.85. The zero-order valence-electron chi connectivity index (χ0n) is 11.3. The third kappa shape index (κ3) is 2.93. The minimum atomic E-state index is -0.336. The molecule has 0 saturated heterocycles. The zero-order valence-corrected chi connectivity index (χ0v) is 11.3. The van der Waals surface area contributed by atoms with Crippen molar-refractivity contribution in [2.45, 2.75) is 13.0 Å². The molecule has 1 aromatic carbocycles. The number of methoxy groups -OCH3 is 1. The van der Waals surface area contributed by atoms with Gasteiger partial charge in [-0.15, -0.1) is 0 Å². The lowest BCUT2D eigenvalue weighted by atomic mass is 10.1. The molecule has 0 radical (unpaired) electrons. The molecule has 0 aliphatic heterocycles. The topological polar surface area (TPSA) is 56.1 Å². The van der Waals surface area contributed by atoms with Crippen LogP contribution in [0.5, 0.6) is 0 Å². The Bertz CT molecular complexity index is 578. The molecule has 2 rings (SSSR count). The normalized spacial score (nSPS) is 11.9. The standard InChI is InChI=1S/C14H17N3O2/c1-10(13-7-8-15-17(13)2)16-12-6-4-5-11(9-12)14(18)19-3/h4-10,16H,1-3H3. The average molecular weight is 259 g/mol. The Morgan fingerprint density at radius 3 is 2.84 bits per heavy atom. The van der Waals surface area contributed by atoms with Crippen molar-refractivity contribution in [1.29, 1.82) is 0 Å². The SMILES string of the molecule is COC(=O)c1cccc(NC(C)c2ccnn2C)c1. The largest absolute Gasteiger partial charge is 0.465 e. The molecule has 0 amide bonds. The fourth-order valence-corrected chi connectivity index (χ4v) is 1.99. The van der Waals surface area contributed by atoms with Crippen molar-refractivity contribution >= 4 is 11.7 Å². The molecule has 1 unspecified atom stereocenters. The number of ether oxygens (including phenoxy) is 1. The first-order chi connectivity index (χ1) is 9.11. The number of benzene rings is 1. The summed E-state index contributed by atoms with van der Waals surface area (Å²) in [6, 6.07) is 9.30. The second-order valence-corrected chi connectivity index (χ2v) is 4.32. The van der Waals surface area contributed by atoms with Gasteiger partial charge in [-0.3, -0.25) is 4.68 Å². The molecule has 1 atom stereocenters. The smallest absolute Gasteiger partial charge is 0.337 e. The lowest BCUT2D eigenvalue weighted by Gasteiger charge is -2.16. The van der Waals surface area contributed by atoms with Crippen LogP contribution in [0.3, 0.4) is 0 Å². The van der Waals surface area contributed by atoms with E-state index in [9.17, 15) is 4.79 Å². The van der Waals surface area contributed by atoms with Gasteiger partial charge in [-0.25, -0.2) is 4.79 Å². The van der Waals surface area contributed by atoms with Crippen molar-refractivity contribution in [3.63, 3.8) is 0 Å². The third-order valence-electron chi connectivity index (χ3n) is 2.97. The molecule has 0 spiro atoms. The summed E-state index contributed by atoms with van der Waals surface area (Å²) >= 11 is 0. The van der Waals surface area contributed by atoms with E-state index in [1.807, 2.05) is 36.9 Å². The van der Waals surface area contributed by atoms with Crippen molar-refractivity contribution in [1.82, 2.24) is 9.78 Å². The van der Waals surface area contributed by atoms with E-state index in [-0.39, 0.29) is 12.0 Å². The average Bonchev–Trinajstić information content (AvgIpc) is 2.84. The lowest BCUT2D eigenvalue weighted by molar-refractivity contribution is 0.0601. The van der Waals surface area contributed by atoms with Gasteiger partial charge in [-0.2, -0.15) is 5.10 Å². The Morgan fingerprint density at radius 2 is 2.21 bits per heavy atom. The summed E-state index contributed by atoms with van der Waals surface area (Å²) < 4.78 is 6.53. The number of esters is 1. The maximum atomic E-state index is 11.5. The van der Waals surface area contributed by atoms with E-state index in [0.29, 0.717) is 5.56 Å². The third-order valence-corrected chi connectivity index (χ3v) is 2.97. The van der Waals surface area contributed by atoms with Crippen molar-refractivity contribution in [3.05, 3.63) is 47.8 Å². The second kappa shape index (κ2) is 5.56. The maximum Gasteiger partial charge on any atom is 0.337 e. The summed E-state index contributed by atoms with van der Waals surface area (Å²) in [5.74, 6) is -0.336. The minimum absolute atomic E-state index is 0.0976. The van der Waals surface area contributed by atoms with E-state index in [2.05, 4.69) is 10.4 Å². The summed E-state index contributed by atoms with van der Waals surface area (Å²) in [5, 5.41) is 7.48. The molecule has 5 nitrogen and oxygen atoms in total. The van der Waals surface area contributed by atoms with E-state index in [4.69, 9.17) is 4.74 Å². The number of nitrogens with zero attached hydrogens (tertiary/aromatic N) is 2. The molecule has 1 heterocycles. The van der Waals surface area contributed by atoms with Crippen LogP contribution in [0, 0.1) is 0 Å². The van der Waals surface area contributed by atoms with E-state index < -0.39 is 0 Å². The number of aryl methyl sites for hydroxylation is 1. The maximum absolute atomic E-state index is 11.5. The van der Waals surface area contributed by atoms with Crippen LogP contribution in [0.1, 0.15) is 29.0 Å². The molecule has 0 fully saturated rings. The summed E-state index contributed by atoms with van der Waals surface area (Å²) in [5.41, 5.74) is 2.48. The number of rotatable bonds is 4. The van der Waals surface area contributed by atoms with E-state index in [1.165, 1.54) is 7.11 Å². The number of nitrogens with one attached hydrogen (secondary N) is 1. The molecule has 5 heteroatoms. The van der Waals surface area contributed by atoms with Crippen LogP contribution in [0.2, 0.25) is 0 Å². The highest BCUT2D eigenvalue weighted by atomic mass is 16.5. The molecule has 2 aromatic rings. The van der Waals surface area contributed by atoms with Crippen molar-refractivity contribution < 1.29 is 9.53 Å². The Morgan fingerprint density at radius 1 is 1.42 bits per heavy atom. The molecule has 0 aliphatic carbocycles. The minimum Gasteiger partial charge on any atom is -0.465 e. The van der Waals surface area contributed by atoms with Crippen LogP contribution in [0.4, 0.5) is 5.69 Å². The Balaban J connectivity index is 2.15. The van der Waals surface area contributed by atoms with E-state index in [0.717, 1.165) is 11.4 Å². The molecule has 1 aromatic heterocycles. The zero-order chi connectivity index (χ0) is 13.8. The number of carbonyl (C=O) groups is 1. The Labute approximate surface area is 112 Å². The number of anilines is 1. The van der Waals surface area contributed by atoms with Gasteiger partial charge in [0.2, 0.25) is 0 Å². The van der Waals surface area contributed by atoms with Crippen LogP contribution in [0.25, 0.3) is 0 Å². The van der Waals surface area contributed by atoms with Crippen molar-refractivity contribution in [2.75, 3.05) is 12.4 Å². The molecule has 1 N–H and O–H groups in total. The summed E-state index contributed by atoms with van der Waals surface area (Å²) in [4.78, 5) is 11.5.